The van der Waals surface area contributed by atoms with E-state index in [1.807, 2.05) is 62.1 Å². The van der Waals surface area contributed by atoms with E-state index in [1.165, 1.54) is 11.8 Å². The van der Waals surface area contributed by atoms with E-state index in [-0.39, 0.29) is 24.3 Å². The average Bonchev–Trinajstić information content (AvgIpc) is 3.46. The second kappa shape index (κ2) is 8.03. The lowest BCUT2D eigenvalue weighted by Crippen LogP contribution is -2.35. The van der Waals surface area contributed by atoms with Crippen LogP contribution in [0.2, 0.25) is 0 Å². The molecule has 1 atom stereocenters. The molecule has 6 heteroatoms. The number of anilines is 1. The van der Waals surface area contributed by atoms with Gasteiger partial charge in [-0.2, -0.15) is 0 Å². The van der Waals surface area contributed by atoms with Crippen LogP contribution in [-0.2, 0) is 9.59 Å². The highest BCUT2D eigenvalue weighted by Gasteiger charge is 2.46. The average molecular weight is 408 g/mol. The number of rotatable bonds is 5. The standard InChI is InChI=1S/C23H25N3O2S/c1-14-5-8-17(9-6-14)24-21(27)13-20-22(28)26(18-10-11-18)23(29-20)25-19-12-15(2)4-7-16(19)3/h4-9,12,18,20H,10-11,13H2,1-3H3,(H,24,27). The highest BCUT2D eigenvalue weighted by molar-refractivity contribution is 8.15. The van der Waals surface area contributed by atoms with Crippen molar-refractivity contribution >= 4 is 40.1 Å². The van der Waals surface area contributed by atoms with Gasteiger partial charge in [0.15, 0.2) is 5.17 Å². The number of benzene rings is 2. The number of nitrogens with zero attached hydrogens (tertiary/aromatic N) is 2. The van der Waals surface area contributed by atoms with Crippen molar-refractivity contribution in [1.29, 1.82) is 0 Å². The molecule has 0 spiro atoms. The van der Waals surface area contributed by atoms with E-state index < -0.39 is 5.25 Å². The zero-order valence-electron chi connectivity index (χ0n) is 16.9. The maximum absolute atomic E-state index is 13.0. The van der Waals surface area contributed by atoms with Crippen molar-refractivity contribution in [3.8, 4) is 0 Å². The minimum Gasteiger partial charge on any atom is -0.326 e. The Bertz CT molecular complexity index is 980. The summed E-state index contributed by atoms with van der Waals surface area (Å²) in [5, 5.41) is 3.19. The van der Waals surface area contributed by atoms with Crippen molar-refractivity contribution < 1.29 is 9.59 Å². The summed E-state index contributed by atoms with van der Waals surface area (Å²) in [6, 6.07) is 14.0. The number of carbonyl (C=O) groups is 2. The minimum atomic E-state index is -0.426. The van der Waals surface area contributed by atoms with Crippen LogP contribution in [0.3, 0.4) is 0 Å². The van der Waals surface area contributed by atoms with Crippen molar-refractivity contribution in [1.82, 2.24) is 4.90 Å². The molecule has 150 valence electrons. The number of aliphatic imine (C=N–C) groups is 1. The number of thioether (sulfide) groups is 1. The fourth-order valence-corrected chi connectivity index (χ4v) is 4.53. The van der Waals surface area contributed by atoms with Gasteiger partial charge in [-0.15, -0.1) is 0 Å². The summed E-state index contributed by atoms with van der Waals surface area (Å²) in [7, 11) is 0. The lowest BCUT2D eigenvalue weighted by molar-refractivity contribution is -0.128. The third kappa shape index (κ3) is 4.53. The zero-order valence-corrected chi connectivity index (χ0v) is 17.8. The summed E-state index contributed by atoms with van der Waals surface area (Å²) in [5.41, 5.74) is 4.98. The smallest absolute Gasteiger partial charge is 0.242 e. The third-order valence-electron chi connectivity index (χ3n) is 5.17. The van der Waals surface area contributed by atoms with E-state index in [0.29, 0.717) is 0 Å². The molecule has 0 radical (unpaired) electrons. The summed E-state index contributed by atoms with van der Waals surface area (Å²) < 4.78 is 0. The molecule has 1 aliphatic carbocycles. The highest BCUT2D eigenvalue weighted by Crippen LogP contribution is 2.40. The summed E-state index contributed by atoms with van der Waals surface area (Å²) in [6.45, 7) is 6.06. The first kappa shape index (κ1) is 19.7. The Morgan fingerprint density at radius 1 is 1.10 bits per heavy atom. The first-order valence-corrected chi connectivity index (χ1v) is 10.8. The topological polar surface area (TPSA) is 61.8 Å². The number of aryl methyl sites for hydroxylation is 3. The number of amides is 2. The second-order valence-electron chi connectivity index (χ2n) is 7.85. The molecule has 1 saturated carbocycles. The molecule has 2 aromatic rings. The molecular formula is C23H25N3O2S. The Hall–Kier alpha value is -2.60. The summed E-state index contributed by atoms with van der Waals surface area (Å²) in [6.07, 6.45) is 2.15. The molecule has 0 aromatic heterocycles. The summed E-state index contributed by atoms with van der Waals surface area (Å²) >= 11 is 1.41. The fourth-order valence-electron chi connectivity index (χ4n) is 3.32. The van der Waals surface area contributed by atoms with E-state index in [1.54, 1.807) is 0 Å². The Morgan fingerprint density at radius 2 is 1.79 bits per heavy atom. The SMILES string of the molecule is Cc1ccc(NC(=O)CC2SC(=Nc3cc(C)ccc3C)N(C3CC3)C2=O)cc1. The predicted octanol–water partition coefficient (Wildman–Crippen LogP) is 4.73. The lowest BCUT2D eigenvalue weighted by Gasteiger charge is -2.15. The first-order chi connectivity index (χ1) is 13.9. The molecule has 1 unspecified atom stereocenters. The van der Waals surface area contributed by atoms with Crippen LogP contribution in [0.25, 0.3) is 0 Å². The molecule has 2 amide bonds. The summed E-state index contributed by atoms with van der Waals surface area (Å²) in [5.74, 6) is -0.149. The van der Waals surface area contributed by atoms with E-state index in [0.717, 1.165) is 46.1 Å². The van der Waals surface area contributed by atoms with E-state index in [4.69, 9.17) is 4.99 Å². The van der Waals surface area contributed by atoms with Crippen LogP contribution in [0.15, 0.2) is 47.5 Å². The largest absolute Gasteiger partial charge is 0.326 e. The van der Waals surface area contributed by atoms with Crippen LogP contribution >= 0.6 is 11.8 Å². The van der Waals surface area contributed by atoms with Crippen LogP contribution < -0.4 is 5.32 Å². The Labute approximate surface area is 175 Å². The van der Waals surface area contributed by atoms with Crippen molar-refractivity contribution in [2.45, 2.75) is 51.3 Å². The van der Waals surface area contributed by atoms with Gasteiger partial charge in [0.05, 0.1) is 5.69 Å². The molecule has 1 saturated heterocycles. The molecule has 2 aliphatic rings. The summed E-state index contributed by atoms with van der Waals surface area (Å²) in [4.78, 5) is 32.2. The minimum absolute atomic E-state index is 0.000567. The first-order valence-electron chi connectivity index (χ1n) is 9.93. The van der Waals surface area contributed by atoms with Crippen LogP contribution in [0.5, 0.6) is 0 Å². The molecule has 2 aromatic carbocycles. The van der Waals surface area contributed by atoms with Gasteiger partial charge in [-0.3, -0.25) is 14.5 Å². The van der Waals surface area contributed by atoms with Gasteiger partial charge in [0.2, 0.25) is 11.8 Å². The molecule has 2 fully saturated rings. The molecule has 5 nitrogen and oxygen atoms in total. The van der Waals surface area contributed by atoms with Gasteiger partial charge in [-0.25, -0.2) is 4.99 Å². The van der Waals surface area contributed by atoms with Crippen LogP contribution in [0, 0.1) is 20.8 Å². The van der Waals surface area contributed by atoms with Crippen molar-refractivity contribution in [3.63, 3.8) is 0 Å². The Kier molecular flexibility index (Phi) is 5.46. The second-order valence-corrected chi connectivity index (χ2v) is 9.02. The number of amidine groups is 1. The fraction of sp³-hybridized carbons (Fsp3) is 0.348. The third-order valence-corrected chi connectivity index (χ3v) is 6.32. The quantitative estimate of drug-likeness (QED) is 0.779. The molecule has 1 heterocycles. The van der Waals surface area contributed by atoms with Gasteiger partial charge in [0.25, 0.3) is 0 Å². The van der Waals surface area contributed by atoms with Crippen molar-refractivity contribution in [3.05, 3.63) is 59.2 Å². The predicted molar refractivity (Wildman–Crippen MR) is 119 cm³/mol. The maximum Gasteiger partial charge on any atom is 0.242 e. The zero-order chi connectivity index (χ0) is 20.5. The van der Waals surface area contributed by atoms with Gasteiger partial charge in [0.1, 0.15) is 5.25 Å². The lowest BCUT2D eigenvalue weighted by atomic mass is 10.1. The van der Waals surface area contributed by atoms with Crippen LogP contribution in [-0.4, -0.2) is 33.2 Å². The molecule has 1 aliphatic heterocycles. The van der Waals surface area contributed by atoms with E-state index in [9.17, 15) is 9.59 Å². The van der Waals surface area contributed by atoms with Crippen molar-refractivity contribution in [2.24, 2.45) is 4.99 Å². The van der Waals surface area contributed by atoms with Gasteiger partial charge < -0.3 is 5.32 Å². The van der Waals surface area contributed by atoms with Crippen LogP contribution in [0.4, 0.5) is 11.4 Å². The number of hydrogen-bond donors (Lipinski definition) is 1. The molecule has 0 bridgehead atoms. The molecule has 1 N–H and O–H groups in total. The van der Waals surface area contributed by atoms with Gasteiger partial charge >= 0.3 is 0 Å². The molecule has 29 heavy (non-hydrogen) atoms. The maximum atomic E-state index is 13.0. The van der Waals surface area contributed by atoms with E-state index >= 15 is 0 Å². The van der Waals surface area contributed by atoms with Gasteiger partial charge in [-0.1, -0.05) is 41.6 Å². The normalized spacial score (nSPS) is 20.4. The Balaban J connectivity index is 1.51. The van der Waals surface area contributed by atoms with Gasteiger partial charge in [-0.05, 0) is 62.9 Å². The molecular weight excluding hydrogens is 382 g/mol. The van der Waals surface area contributed by atoms with Gasteiger partial charge in [0, 0.05) is 18.2 Å². The highest BCUT2D eigenvalue weighted by atomic mass is 32.2. The van der Waals surface area contributed by atoms with Crippen molar-refractivity contribution in [2.75, 3.05) is 5.32 Å². The number of carbonyl (C=O) groups excluding carboxylic acids is 2. The van der Waals surface area contributed by atoms with Crippen LogP contribution in [0.1, 0.15) is 36.0 Å². The monoisotopic (exact) mass is 407 g/mol. The molecule has 4 rings (SSSR count). The van der Waals surface area contributed by atoms with E-state index in [2.05, 4.69) is 11.4 Å². The number of nitrogens with one attached hydrogen (secondary N) is 1. The number of hydrogen-bond acceptors (Lipinski definition) is 4. The Morgan fingerprint density at radius 3 is 2.48 bits per heavy atom.